The Balaban J connectivity index is 0.000000122. The maximum absolute atomic E-state index is 11.5. The Labute approximate surface area is 861 Å². The summed E-state index contributed by atoms with van der Waals surface area (Å²) in [6.07, 6.45) is 0. The number of hydrogen-bond donors (Lipinski definition) is 6. The van der Waals surface area contributed by atoms with E-state index in [-0.39, 0.29) is 49.2 Å². The van der Waals surface area contributed by atoms with Crippen LogP contribution in [0.5, 0.6) is 34.5 Å². The van der Waals surface area contributed by atoms with Crippen LogP contribution in [0.25, 0.3) is 0 Å². The number of rotatable bonds is 0. The predicted octanol–water partition coefficient (Wildman–Crippen LogP) is 19.2. The fraction of sp³-hybridized carbons (Fsp3) is 0.235. The van der Waals surface area contributed by atoms with Gasteiger partial charge in [-0.2, -0.15) is 0 Å². The second-order valence-electron chi connectivity index (χ2n) is 31.3. The van der Waals surface area contributed by atoms with Gasteiger partial charge in [0.25, 0.3) is 0 Å². The summed E-state index contributed by atoms with van der Waals surface area (Å²) in [5, 5.41) is 19.8. The Morgan fingerprint density at radius 1 is 0.211 bits per heavy atom. The summed E-state index contributed by atoms with van der Waals surface area (Å²) in [5.74, 6) is 10.8. The van der Waals surface area contributed by atoms with E-state index in [1.54, 1.807) is 42.5 Å². The molecule has 6 N–H and O–H groups in total. The zero-order valence-electron chi connectivity index (χ0n) is 76.9. The average Bonchev–Trinajstić information content (AvgIpc) is 1.47. The average molecular weight is 2180 g/mol. The summed E-state index contributed by atoms with van der Waals surface area (Å²) in [6, 6.07) is 98.0. The molecule has 26 nitrogen and oxygen atoms in total. The Morgan fingerprint density at radius 2 is 0.570 bits per heavy atom. The van der Waals surface area contributed by atoms with E-state index in [1.807, 2.05) is 204 Å². The Bertz CT molecular complexity index is 6450. The molecule has 0 saturated carbocycles. The molecule has 40 heteroatoms. The normalized spacial score (nSPS) is 18.4. The third-order valence-corrected chi connectivity index (χ3v) is 43.3. The summed E-state index contributed by atoms with van der Waals surface area (Å²) in [6.45, 7) is 9.19. The molecule has 13 aliphatic rings. The molecule has 0 spiro atoms. The van der Waals surface area contributed by atoms with Crippen LogP contribution in [-0.4, -0.2) is 206 Å². The molecular weight excluding hydrogens is 2080 g/mol. The summed E-state index contributed by atoms with van der Waals surface area (Å²) in [5.41, 5.74) is 6.58. The molecule has 13 aromatic carbocycles. The van der Waals surface area contributed by atoms with Gasteiger partial charge in [-0.05, 0) is 158 Å². The smallest absolute Gasteiger partial charge is 0.194 e. The molecule has 0 amide bonds. The first-order valence-corrected chi connectivity index (χ1v) is 63.5. The second kappa shape index (κ2) is 52.9. The molecule has 13 aliphatic heterocycles. The molecule has 0 bridgehead atoms. The van der Waals surface area contributed by atoms with Crippen molar-refractivity contribution in [3.05, 3.63) is 315 Å². The van der Waals surface area contributed by atoms with Crippen molar-refractivity contribution in [2.45, 2.75) is 68.5 Å². The van der Waals surface area contributed by atoms with Crippen molar-refractivity contribution >= 4 is 185 Å². The van der Waals surface area contributed by atoms with E-state index in [9.17, 15) is 58.9 Å². The van der Waals surface area contributed by atoms with E-state index in [4.69, 9.17) is 28.4 Å². The van der Waals surface area contributed by atoms with E-state index in [0.29, 0.717) is 47.7 Å². The van der Waals surface area contributed by atoms with Crippen molar-refractivity contribution in [2.24, 2.45) is 0 Å². The Hall–Kier alpha value is -10.4. The van der Waals surface area contributed by atoms with E-state index >= 15 is 0 Å². The van der Waals surface area contributed by atoms with E-state index in [1.165, 1.54) is 117 Å². The van der Waals surface area contributed by atoms with Crippen LogP contribution in [-0.2, 0) is 80.6 Å². The quantitative estimate of drug-likeness (QED) is 0.0821. The number of benzene rings is 13. The zero-order chi connectivity index (χ0) is 99.6. The van der Waals surface area contributed by atoms with Crippen LogP contribution in [0.3, 0.4) is 0 Å². The van der Waals surface area contributed by atoms with Gasteiger partial charge in [-0.1, -0.05) is 158 Å². The molecule has 13 heterocycles. The lowest BCUT2D eigenvalue weighted by Crippen LogP contribution is -2.25. The van der Waals surface area contributed by atoms with Gasteiger partial charge >= 0.3 is 0 Å². The first-order chi connectivity index (χ1) is 68.8. The van der Waals surface area contributed by atoms with Gasteiger partial charge in [0.1, 0.15) is 60.9 Å². The van der Waals surface area contributed by atoms with E-state index in [0.717, 1.165) is 113 Å². The van der Waals surface area contributed by atoms with E-state index in [2.05, 4.69) is 123 Å². The highest BCUT2D eigenvalue weighted by atomic mass is 32.3. The SMILES string of the molecule is O=S1(=O)CCNc2ccccc21.O=S1(=O)CCOc2ccccc21.O=S1(=O)CCS(=O)(=O)c2ccccc21.O=S1(=O)CS(=O)(=O)c2ccccc21.O=S1CCNc2ccccc21.O=S1CCOc2ccccc21.c1ccc2c(c1)NCCN2.c1ccc2c(c1)NCCO2.c1ccc2c(c1)NCCS2.c1ccc2c(c1)OCCO2.c1ccc2c(c1)OCCS2.c1ccc2c(c1)SCCS2.c1ccc2c(c1)SCS2. The summed E-state index contributed by atoms with van der Waals surface area (Å²) in [4.78, 5) is 10.7. The summed E-state index contributed by atoms with van der Waals surface area (Å²) < 4.78 is 191. The highest BCUT2D eigenvalue weighted by Crippen LogP contribution is 2.42. The highest BCUT2D eigenvalue weighted by molar-refractivity contribution is 8.18. The third kappa shape index (κ3) is 30.8. The van der Waals surface area contributed by atoms with Crippen LogP contribution in [0.1, 0.15) is 0 Å². The fourth-order valence-electron chi connectivity index (χ4n) is 14.7. The predicted molar refractivity (Wildman–Crippen MR) is 577 cm³/mol. The van der Waals surface area contributed by atoms with Crippen molar-refractivity contribution < 1.29 is 87.3 Å². The molecule has 13 aromatic rings. The van der Waals surface area contributed by atoms with Crippen LogP contribution >= 0.6 is 70.6 Å². The molecule has 0 aliphatic carbocycles. The minimum Gasteiger partial charge on any atom is -0.492 e. The largest absolute Gasteiger partial charge is 0.492 e. The van der Waals surface area contributed by atoms with Gasteiger partial charge in [-0.25, -0.2) is 50.5 Å². The van der Waals surface area contributed by atoms with E-state index < -0.39 is 85.7 Å². The number of anilines is 6. The Kier molecular flexibility index (Phi) is 40.0. The molecule has 2 unspecified atom stereocenters. The maximum Gasteiger partial charge on any atom is 0.194 e. The van der Waals surface area contributed by atoms with Crippen LogP contribution in [0.2, 0.25) is 0 Å². The van der Waals surface area contributed by atoms with Gasteiger partial charge in [0.15, 0.2) is 75.6 Å². The first kappa shape index (κ1) is 107. The summed E-state index contributed by atoms with van der Waals surface area (Å²) >= 11 is 11.6. The fourth-order valence-corrected chi connectivity index (χ4v) is 34.8. The number of thioether (sulfide) groups is 6. The molecule has 142 heavy (non-hydrogen) atoms. The van der Waals surface area contributed by atoms with Crippen molar-refractivity contribution in [1.82, 2.24) is 0 Å². The third-order valence-electron chi connectivity index (χ3n) is 21.5. The van der Waals surface area contributed by atoms with Gasteiger partial charge in [-0.15, -0.1) is 70.6 Å². The zero-order valence-corrected chi connectivity index (χ0v) is 88.3. The molecule has 0 radical (unpaired) electrons. The van der Waals surface area contributed by atoms with Crippen molar-refractivity contribution in [3.63, 3.8) is 0 Å². The Morgan fingerprint density at radius 3 is 1.11 bits per heavy atom. The van der Waals surface area contributed by atoms with Gasteiger partial charge in [0, 0.05) is 108 Å². The number of fused-ring (bicyclic) bond motifs is 13. The van der Waals surface area contributed by atoms with Crippen LogP contribution < -0.4 is 60.3 Å². The number of para-hydroxylation sites is 12. The molecular formula is C102H106N6O20S14. The van der Waals surface area contributed by atoms with Crippen LogP contribution in [0, 0.1) is 0 Å². The lowest BCUT2D eigenvalue weighted by atomic mass is 10.2. The standard InChI is InChI=1S/C8H10N2.C8H9NO2S.C8H9NOS.C8H9NO.C8H9NS.C8H8O4S2.C8H8O3S.C8H8O2S.C8H8O2.C8H8OS.C8H8S2.C7H6O4S2.C7H6S2/c1-2-4-8-7(3-1)9-5-6-10-8;10-12(11)6-5-9-7-3-1-2-4-8(7)12;10-11-6-5-9-7-3-1-2-4-8(7)11;2*1-2-4-8-7(3-1)9-5-6-10-8;9-13(10)5-6-14(11,12)8-4-2-1-3-7(8)13;9-12(10)6-5-11-7-3-1-2-4-8(7)12;9-11-6-5-10-7-3-1-2-4-8(7)11;3*1-2-4-8-7(3-1)9-5-6-10-8;8-12(9)5-13(10,11)7-4-2-1-3-6(7)12;1-2-4-7-6(3-1)8-5-9-7/h1-4,9-10H,5-6H2;1-4,9H,5-6H2;1-4,9H,5-6H2;2*1-4,9H,5-6H2;1-4H,5-6H2;1-4H,5-6H2;1-4H,5-6H2;3*1-4H,5-6H2;1-4H,5H2;1-4H,5H2. The minimum absolute atomic E-state index is 0.0637. The van der Waals surface area contributed by atoms with Gasteiger partial charge in [0.05, 0.1) is 120 Å². The molecule has 0 saturated heterocycles. The summed E-state index contributed by atoms with van der Waals surface area (Å²) in [7, 11) is -21.7. The van der Waals surface area contributed by atoms with Gasteiger partial charge < -0.3 is 60.3 Å². The maximum atomic E-state index is 11.5. The first-order valence-electron chi connectivity index (χ1n) is 45.1. The van der Waals surface area contributed by atoms with Crippen molar-refractivity contribution in [3.8, 4) is 34.5 Å². The van der Waals surface area contributed by atoms with Crippen molar-refractivity contribution in [1.29, 1.82) is 0 Å². The van der Waals surface area contributed by atoms with Crippen LogP contribution in [0.4, 0.5) is 34.1 Å². The monoisotopic (exact) mass is 2180 g/mol. The topological polar surface area (TPSA) is 367 Å². The lowest BCUT2D eigenvalue weighted by molar-refractivity contribution is 0.171. The molecule has 748 valence electrons. The molecule has 2 atom stereocenters. The second-order valence-corrected chi connectivity index (χ2v) is 53.9. The molecule has 0 aromatic heterocycles. The number of ether oxygens (including phenoxy) is 6. The van der Waals surface area contributed by atoms with Gasteiger partial charge in [-0.3, -0.25) is 8.42 Å². The molecule has 26 rings (SSSR count). The number of hydrogen-bond acceptors (Lipinski definition) is 32. The highest BCUT2D eigenvalue weighted by Gasteiger charge is 2.39. The lowest BCUT2D eigenvalue weighted by Gasteiger charge is -2.18. The van der Waals surface area contributed by atoms with Gasteiger partial charge in [0.2, 0.25) is 0 Å². The molecule has 0 fully saturated rings. The number of sulfone groups is 6. The van der Waals surface area contributed by atoms with Crippen LogP contribution in [0.15, 0.2) is 384 Å². The van der Waals surface area contributed by atoms with Crippen molar-refractivity contribution in [2.75, 3.05) is 179 Å². The minimum atomic E-state index is -3.60. The number of nitrogens with one attached hydrogen (secondary N) is 6.